The van der Waals surface area contributed by atoms with Crippen LogP contribution in [-0.2, 0) is 9.53 Å². The number of hydrogen-bond donors (Lipinski definition) is 0. The Morgan fingerprint density at radius 2 is 2.23 bits per heavy atom. The van der Waals surface area contributed by atoms with Crippen LogP contribution >= 0.6 is 0 Å². The van der Waals surface area contributed by atoms with E-state index in [1.54, 1.807) is 12.1 Å². The van der Waals surface area contributed by atoms with Crippen molar-refractivity contribution in [2.75, 3.05) is 0 Å². The van der Waals surface area contributed by atoms with Gasteiger partial charge in [0, 0.05) is 6.42 Å². The number of carbonyl (C=O) groups excluding carboxylic acids is 1. The lowest BCUT2D eigenvalue weighted by molar-refractivity contribution is -0.146. The van der Waals surface area contributed by atoms with Gasteiger partial charge in [-0.25, -0.2) is 0 Å². The summed E-state index contributed by atoms with van der Waals surface area (Å²) < 4.78 is 4.72. The number of nitriles is 2. The Bertz CT molecular complexity index is 237. The highest BCUT2D eigenvalue weighted by atomic mass is 16.5. The zero-order chi connectivity index (χ0) is 10.1. The quantitative estimate of drug-likeness (QED) is 0.601. The van der Waals surface area contributed by atoms with Crippen molar-refractivity contribution in [2.45, 2.75) is 38.7 Å². The highest BCUT2D eigenvalue weighted by molar-refractivity contribution is 5.69. The third kappa shape index (κ3) is 5.69. The van der Waals surface area contributed by atoms with E-state index < -0.39 is 12.1 Å². The molecule has 1 atom stereocenters. The monoisotopic (exact) mass is 180 g/mol. The number of hydrogen-bond acceptors (Lipinski definition) is 4. The molecule has 0 aliphatic carbocycles. The normalized spacial score (nSPS) is 11.0. The Morgan fingerprint density at radius 3 is 2.69 bits per heavy atom. The van der Waals surface area contributed by atoms with Crippen LogP contribution in [0.2, 0.25) is 0 Å². The first-order valence-electron chi connectivity index (χ1n) is 4.20. The Labute approximate surface area is 77.7 Å². The van der Waals surface area contributed by atoms with Crippen molar-refractivity contribution >= 4 is 5.97 Å². The van der Waals surface area contributed by atoms with Crippen LogP contribution in [0, 0.1) is 22.7 Å². The lowest BCUT2D eigenvalue weighted by atomic mass is 10.2. The summed E-state index contributed by atoms with van der Waals surface area (Å²) in [6.45, 7) is 1.96. The molecule has 0 aliphatic rings. The molecule has 0 bridgehead atoms. The predicted molar refractivity (Wildman–Crippen MR) is 45.2 cm³/mol. The number of esters is 1. The van der Waals surface area contributed by atoms with Gasteiger partial charge in [0.1, 0.15) is 6.07 Å². The van der Waals surface area contributed by atoms with Gasteiger partial charge in [0.2, 0.25) is 0 Å². The summed E-state index contributed by atoms with van der Waals surface area (Å²) in [5.74, 6) is -0.399. The van der Waals surface area contributed by atoms with E-state index in [0.29, 0.717) is 6.42 Å². The summed E-state index contributed by atoms with van der Waals surface area (Å²) in [5.41, 5.74) is 0. The highest BCUT2D eigenvalue weighted by Crippen LogP contribution is 2.02. The van der Waals surface area contributed by atoms with E-state index in [-0.39, 0.29) is 6.42 Å². The molecule has 13 heavy (non-hydrogen) atoms. The molecule has 4 nitrogen and oxygen atoms in total. The number of ether oxygens (including phenoxy) is 1. The Morgan fingerprint density at radius 1 is 1.54 bits per heavy atom. The van der Waals surface area contributed by atoms with Gasteiger partial charge in [-0.3, -0.25) is 4.79 Å². The van der Waals surface area contributed by atoms with Crippen molar-refractivity contribution in [1.82, 2.24) is 0 Å². The first kappa shape index (κ1) is 11.4. The van der Waals surface area contributed by atoms with E-state index >= 15 is 0 Å². The molecule has 0 saturated heterocycles. The average molecular weight is 180 g/mol. The second-order valence-corrected chi connectivity index (χ2v) is 2.57. The first-order chi connectivity index (χ1) is 6.24. The Hall–Kier alpha value is -1.55. The smallest absolute Gasteiger partial charge is 0.307 e. The standard InChI is InChI=1S/C9H12N2O2/c1-2-3-4-9(12)13-8(7-11)5-6-10/h8H,2-5H2,1H3. The van der Waals surface area contributed by atoms with Gasteiger partial charge in [0.05, 0.1) is 12.5 Å². The predicted octanol–water partition coefficient (Wildman–Crippen LogP) is 1.53. The lowest BCUT2D eigenvalue weighted by Crippen LogP contribution is -2.15. The third-order valence-electron chi connectivity index (χ3n) is 1.43. The maximum atomic E-state index is 11.0. The second-order valence-electron chi connectivity index (χ2n) is 2.57. The molecular formula is C9H12N2O2. The molecule has 0 aromatic carbocycles. The van der Waals surface area contributed by atoms with Gasteiger partial charge in [-0.05, 0) is 6.42 Å². The minimum absolute atomic E-state index is 0.0611. The molecule has 0 heterocycles. The SMILES string of the molecule is CCCCC(=O)OC(C#N)CC#N. The fourth-order valence-corrected chi connectivity index (χ4v) is 0.735. The van der Waals surface area contributed by atoms with Crippen LogP contribution in [0.4, 0.5) is 0 Å². The third-order valence-corrected chi connectivity index (χ3v) is 1.43. The zero-order valence-electron chi connectivity index (χ0n) is 7.62. The molecule has 1 unspecified atom stereocenters. The maximum absolute atomic E-state index is 11.0. The molecule has 0 saturated carbocycles. The van der Waals surface area contributed by atoms with Gasteiger partial charge in [-0.1, -0.05) is 13.3 Å². The van der Waals surface area contributed by atoms with E-state index in [9.17, 15) is 4.79 Å². The number of rotatable bonds is 5. The van der Waals surface area contributed by atoms with Crippen molar-refractivity contribution in [3.05, 3.63) is 0 Å². The fourth-order valence-electron chi connectivity index (χ4n) is 0.735. The number of carbonyl (C=O) groups is 1. The van der Waals surface area contributed by atoms with Crippen LogP contribution in [0.5, 0.6) is 0 Å². The molecule has 4 heteroatoms. The minimum atomic E-state index is -0.908. The molecule has 0 aromatic heterocycles. The molecule has 0 fully saturated rings. The summed E-state index contributed by atoms with van der Waals surface area (Å²) in [4.78, 5) is 11.0. The topological polar surface area (TPSA) is 73.9 Å². The molecule has 0 aliphatic heterocycles. The summed E-state index contributed by atoms with van der Waals surface area (Å²) in [7, 11) is 0. The van der Waals surface area contributed by atoms with Gasteiger partial charge in [-0.2, -0.15) is 10.5 Å². The zero-order valence-corrected chi connectivity index (χ0v) is 7.62. The van der Waals surface area contributed by atoms with Crippen molar-refractivity contribution in [1.29, 1.82) is 10.5 Å². The molecular weight excluding hydrogens is 168 g/mol. The van der Waals surface area contributed by atoms with Gasteiger partial charge in [0.15, 0.2) is 6.10 Å². The van der Waals surface area contributed by atoms with E-state index in [1.165, 1.54) is 0 Å². The second kappa shape index (κ2) is 7.12. The van der Waals surface area contributed by atoms with Crippen LogP contribution < -0.4 is 0 Å². The van der Waals surface area contributed by atoms with Gasteiger partial charge < -0.3 is 4.74 Å². The molecule has 0 aromatic rings. The van der Waals surface area contributed by atoms with E-state index in [2.05, 4.69) is 0 Å². The van der Waals surface area contributed by atoms with Crippen LogP contribution in [0.15, 0.2) is 0 Å². The molecule has 70 valence electrons. The van der Waals surface area contributed by atoms with Crippen molar-refractivity contribution in [2.24, 2.45) is 0 Å². The van der Waals surface area contributed by atoms with Gasteiger partial charge in [0.25, 0.3) is 0 Å². The Kier molecular flexibility index (Phi) is 6.27. The number of unbranched alkanes of at least 4 members (excludes halogenated alkanes) is 1. The summed E-state index contributed by atoms with van der Waals surface area (Å²) >= 11 is 0. The largest absolute Gasteiger partial charge is 0.446 e. The van der Waals surface area contributed by atoms with E-state index in [4.69, 9.17) is 15.3 Å². The van der Waals surface area contributed by atoms with Crippen molar-refractivity contribution in [3.8, 4) is 12.1 Å². The average Bonchev–Trinajstić information content (AvgIpc) is 2.14. The van der Waals surface area contributed by atoms with Crippen LogP contribution in [0.25, 0.3) is 0 Å². The van der Waals surface area contributed by atoms with Crippen LogP contribution in [-0.4, -0.2) is 12.1 Å². The van der Waals surface area contributed by atoms with Crippen LogP contribution in [0.3, 0.4) is 0 Å². The molecule has 0 N–H and O–H groups in total. The lowest BCUT2D eigenvalue weighted by Gasteiger charge is -2.06. The first-order valence-corrected chi connectivity index (χ1v) is 4.20. The van der Waals surface area contributed by atoms with Gasteiger partial charge in [-0.15, -0.1) is 0 Å². The molecule has 0 spiro atoms. The Balaban J connectivity index is 3.76. The highest BCUT2D eigenvalue weighted by Gasteiger charge is 2.11. The number of nitrogens with zero attached hydrogens (tertiary/aromatic N) is 2. The minimum Gasteiger partial charge on any atom is -0.446 e. The molecule has 0 radical (unpaired) electrons. The summed E-state index contributed by atoms with van der Waals surface area (Å²) in [5, 5.41) is 16.7. The summed E-state index contributed by atoms with van der Waals surface area (Å²) in [6.07, 6.45) is 1.01. The van der Waals surface area contributed by atoms with Gasteiger partial charge >= 0.3 is 5.97 Å². The van der Waals surface area contributed by atoms with Crippen molar-refractivity contribution < 1.29 is 9.53 Å². The maximum Gasteiger partial charge on any atom is 0.307 e. The summed E-state index contributed by atoms with van der Waals surface area (Å²) in [6, 6.07) is 3.53. The molecule has 0 amide bonds. The fraction of sp³-hybridized carbons (Fsp3) is 0.667. The van der Waals surface area contributed by atoms with Crippen molar-refractivity contribution in [3.63, 3.8) is 0 Å². The van der Waals surface area contributed by atoms with Crippen LogP contribution in [0.1, 0.15) is 32.6 Å². The molecule has 0 rings (SSSR count). The van der Waals surface area contributed by atoms with E-state index in [1.807, 2.05) is 6.92 Å². The van der Waals surface area contributed by atoms with E-state index in [0.717, 1.165) is 12.8 Å².